The molecule has 0 fully saturated rings. The number of nitrogen functional groups attached to an aromatic ring is 2. The fraction of sp³-hybridized carbons (Fsp3) is 0. The summed E-state index contributed by atoms with van der Waals surface area (Å²) in [5, 5.41) is 0. The van der Waals surface area contributed by atoms with Crippen LogP contribution in [0.3, 0.4) is 0 Å². The van der Waals surface area contributed by atoms with Gasteiger partial charge in [0, 0.05) is 15.8 Å². The van der Waals surface area contributed by atoms with E-state index >= 15 is 0 Å². The smallest absolute Gasteiger partial charge is 0.0325 e. The maximum absolute atomic E-state index is 5.68. The lowest BCUT2D eigenvalue weighted by molar-refractivity contribution is 1.58. The van der Waals surface area contributed by atoms with Crippen LogP contribution in [0.5, 0.6) is 0 Å². The van der Waals surface area contributed by atoms with E-state index in [4.69, 9.17) is 11.5 Å². The first-order valence-corrected chi connectivity index (χ1v) is 5.37. The van der Waals surface area contributed by atoms with Gasteiger partial charge in [-0.05, 0) is 35.4 Å². The van der Waals surface area contributed by atoms with E-state index in [9.17, 15) is 0 Å². The van der Waals surface area contributed by atoms with E-state index in [-0.39, 0.29) is 0 Å². The summed E-state index contributed by atoms with van der Waals surface area (Å²) in [6, 6.07) is 13.5. The number of rotatable bonds is 1. The van der Waals surface area contributed by atoms with Crippen molar-refractivity contribution in [3.05, 3.63) is 46.9 Å². The Morgan fingerprint density at radius 1 is 0.800 bits per heavy atom. The molecular weight excluding hydrogens is 252 g/mol. The van der Waals surface area contributed by atoms with E-state index in [2.05, 4.69) is 15.9 Å². The number of benzene rings is 2. The van der Waals surface area contributed by atoms with Crippen molar-refractivity contribution in [2.24, 2.45) is 0 Å². The Hall–Kier alpha value is -1.48. The van der Waals surface area contributed by atoms with Gasteiger partial charge < -0.3 is 11.5 Å². The molecule has 0 heterocycles. The third kappa shape index (κ3) is 2.13. The Bertz CT molecular complexity index is 477. The molecule has 0 aliphatic rings. The number of nitrogens with two attached hydrogens (primary N) is 2. The summed E-state index contributed by atoms with van der Waals surface area (Å²) < 4.78 is 0.993. The molecule has 0 unspecified atom stereocenters. The molecule has 2 aromatic rings. The van der Waals surface area contributed by atoms with Crippen LogP contribution in [0.25, 0.3) is 11.1 Å². The molecule has 0 aliphatic carbocycles. The molecule has 2 nitrogen and oxygen atoms in total. The van der Waals surface area contributed by atoms with Crippen LogP contribution in [0.1, 0.15) is 0 Å². The van der Waals surface area contributed by atoms with Crippen molar-refractivity contribution in [3.63, 3.8) is 0 Å². The Labute approximate surface area is 97.0 Å². The Kier molecular flexibility index (Phi) is 2.64. The molecule has 76 valence electrons. The van der Waals surface area contributed by atoms with Gasteiger partial charge >= 0.3 is 0 Å². The molecule has 0 radical (unpaired) electrons. The Balaban J connectivity index is 2.49. The summed E-state index contributed by atoms with van der Waals surface area (Å²) in [7, 11) is 0. The SMILES string of the molecule is Nc1ccc(-c2ccc(N)cc2Br)cc1. The number of halogens is 1. The highest BCUT2D eigenvalue weighted by atomic mass is 79.9. The lowest BCUT2D eigenvalue weighted by atomic mass is 10.1. The van der Waals surface area contributed by atoms with Gasteiger partial charge in [0.05, 0.1) is 0 Å². The number of hydrogen-bond donors (Lipinski definition) is 2. The third-order valence-corrected chi connectivity index (χ3v) is 2.87. The van der Waals surface area contributed by atoms with Gasteiger partial charge in [-0.25, -0.2) is 0 Å². The van der Waals surface area contributed by atoms with Gasteiger partial charge in [-0.1, -0.05) is 34.1 Å². The van der Waals surface area contributed by atoms with Gasteiger partial charge in [-0.2, -0.15) is 0 Å². The van der Waals surface area contributed by atoms with Gasteiger partial charge in [0.25, 0.3) is 0 Å². The fourth-order valence-electron chi connectivity index (χ4n) is 1.43. The zero-order valence-electron chi connectivity index (χ0n) is 8.07. The van der Waals surface area contributed by atoms with Crippen LogP contribution in [0, 0.1) is 0 Å². The minimum Gasteiger partial charge on any atom is -0.399 e. The highest BCUT2D eigenvalue weighted by molar-refractivity contribution is 9.10. The van der Waals surface area contributed by atoms with Crippen molar-refractivity contribution in [2.45, 2.75) is 0 Å². The van der Waals surface area contributed by atoms with Gasteiger partial charge in [0.2, 0.25) is 0 Å². The van der Waals surface area contributed by atoms with E-state index in [1.165, 1.54) is 0 Å². The van der Waals surface area contributed by atoms with Crippen LogP contribution in [-0.4, -0.2) is 0 Å². The highest BCUT2D eigenvalue weighted by Crippen LogP contribution is 2.30. The molecule has 2 aromatic carbocycles. The first-order valence-electron chi connectivity index (χ1n) is 4.58. The summed E-state index contributed by atoms with van der Waals surface area (Å²) in [5.74, 6) is 0. The van der Waals surface area contributed by atoms with Gasteiger partial charge in [-0.3, -0.25) is 0 Å². The molecule has 0 spiro atoms. The van der Waals surface area contributed by atoms with Gasteiger partial charge in [-0.15, -0.1) is 0 Å². The second-order valence-corrected chi connectivity index (χ2v) is 4.22. The molecule has 0 aliphatic heterocycles. The summed E-state index contributed by atoms with van der Waals surface area (Å²) in [5.41, 5.74) is 15.1. The largest absolute Gasteiger partial charge is 0.399 e. The molecule has 15 heavy (non-hydrogen) atoms. The van der Waals surface area contributed by atoms with Crippen molar-refractivity contribution in [1.82, 2.24) is 0 Å². The van der Waals surface area contributed by atoms with Crippen LogP contribution >= 0.6 is 15.9 Å². The zero-order valence-corrected chi connectivity index (χ0v) is 9.66. The molecule has 0 saturated carbocycles. The van der Waals surface area contributed by atoms with Crippen molar-refractivity contribution < 1.29 is 0 Å². The minimum absolute atomic E-state index is 0.751. The molecule has 0 aromatic heterocycles. The maximum Gasteiger partial charge on any atom is 0.0325 e. The van der Waals surface area contributed by atoms with E-state index < -0.39 is 0 Å². The Morgan fingerprint density at radius 3 is 2.00 bits per heavy atom. The highest BCUT2D eigenvalue weighted by Gasteiger charge is 2.02. The molecule has 0 atom stereocenters. The van der Waals surface area contributed by atoms with Crippen LogP contribution in [0.4, 0.5) is 11.4 Å². The van der Waals surface area contributed by atoms with Gasteiger partial charge in [0.15, 0.2) is 0 Å². The summed E-state index contributed by atoms with van der Waals surface area (Å²) >= 11 is 3.49. The fourth-order valence-corrected chi connectivity index (χ4v) is 2.05. The second-order valence-electron chi connectivity index (χ2n) is 3.36. The topological polar surface area (TPSA) is 52.0 Å². The molecule has 0 saturated heterocycles. The molecule has 0 bridgehead atoms. The lowest BCUT2D eigenvalue weighted by Gasteiger charge is -2.05. The van der Waals surface area contributed by atoms with Crippen molar-refractivity contribution in [3.8, 4) is 11.1 Å². The van der Waals surface area contributed by atoms with Crippen molar-refractivity contribution >= 4 is 27.3 Å². The molecule has 4 N–H and O–H groups in total. The molecule has 0 amide bonds. The van der Waals surface area contributed by atoms with E-state index in [0.29, 0.717) is 0 Å². The second kappa shape index (κ2) is 3.95. The minimum atomic E-state index is 0.751. The van der Waals surface area contributed by atoms with Crippen molar-refractivity contribution in [2.75, 3.05) is 11.5 Å². The van der Waals surface area contributed by atoms with Crippen LogP contribution in [0.2, 0.25) is 0 Å². The van der Waals surface area contributed by atoms with Crippen LogP contribution in [-0.2, 0) is 0 Å². The molecule has 2 rings (SSSR count). The monoisotopic (exact) mass is 262 g/mol. The Morgan fingerprint density at radius 2 is 1.40 bits per heavy atom. The summed E-state index contributed by atoms with van der Waals surface area (Å²) in [6.45, 7) is 0. The zero-order chi connectivity index (χ0) is 10.8. The average molecular weight is 263 g/mol. The molecular formula is C12H11BrN2. The lowest BCUT2D eigenvalue weighted by Crippen LogP contribution is -1.87. The average Bonchev–Trinajstić information content (AvgIpc) is 2.20. The number of anilines is 2. The standard InChI is InChI=1S/C12H11BrN2/c13-12-7-10(15)5-6-11(12)8-1-3-9(14)4-2-8/h1-7H,14-15H2. The van der Waals surface area contributed by atoms with Crippen LogP contribution in [0.15, 0.2) is 46.9 Å². The predicted molar refractivity (Wildman–Crippen MR) is 68.4 cm³/mol. The van der Waals surface area contributed by atoms with Crippen LogP contribution < -0.4 is 11.5 Å². The summed E-state index contributed by atoms with van der Waals surface area (Å²) in [6.07, 6.45) is 0. The van der Waals surface area contributed by atoms with Crippen molar-refractivity contribution in [1.29, 1.82) is 0 Å². The number of hydrogen-bond acceptors (Lipinski definition) is 2. The quantitative estimate of drug-likeness (QED) is 0.776. The predicted octanol–water partition coefficient (Wildman–Crippen LogP) is 3.28. The summed E-state index contributed by atoms with van der Waals surface area (Å²) in [4.78, 5) is 0. The van der Waals surface area contributed by atoms with E-state index in [0.717, 1.165) is 27.0 Å². The van der Waals surface area contributed by atoms with Gasteiger partial charge in [0.1, 0.15) is 0 Å². The van der Waals surface area contributed by atoms with E-state index in [1.807, 2.05) is 42.5 Å². The first-order chi connectivity index (χ1) is 7.16. The first kappa shape index (κ1) is 10.1. The van der Waals surface area contributed by atoms with E-state index in [1.54, 1.807) is 0 Å². The maximum atomic E-state index is 5.68. The third-order valence-electron chi connectivity index (χ3n) is 2.21. The molecule has 3 heteroatoms. The normalized spacial score (nSPS) is 10.2.